The zero-order chi connectivity index (χ0) is 9.68. The van der Waals surface area contributed by atoms with Crippen molar-refractivity contribution in [2.75, 3.05) is 6.54 Å². The molecule has 0 atom stereocenters. The van der Waals surface area contributed by atoms with E-state index >= 15 is 0 Å². The Balaban J connectivity index is 1.91. The molecule has 1 aliphatic rings. The van der Waals surface area contributed by atoms with Gasteiger partial charge in [-0.15, -0.1) is 0 Å². The van der Waals surface area contributed by atoms with Crippen LogP contribution in [-0.4, -0.2) is 24.5 Å². The summed E-state index contributed by atoms with van der Waals surface area (Å²) >= 11 is 0. The van der Waals surface area contributed by atoms with Crippen LogP contribution in [0.2, 0.25) is 0 Å². The van der Waals surface area contributed by atoms with E-state index in [1.807, 2.05) is 0 Å². The van der Waals surface area contributed by atoms with E-state index in [0.717, 1.165) is 12.8 Å². The Kier molecular flexibility index (Phi) is 3.54. The summed E-state index contributed by atoms with van der Waals surface area (Å²) in [6.07, 6.45) is 3.30. The summed E-state index contributed by atoms with van der Waals surface area (Å²) in [5.41, 5.74) is 4.85. The third-order valence-corrected chi connectivity index (χ3v) is 1.82. The van der Waals surface area contributed by atoms with Gasteiger partial charge in [0.1, 0.15) is 0 Å². The molecule has 4 N–H and O–H groups in total. The number of rotatable bonds is 5. The lowest BCUT2D eigenvalue weighted by atomic mass is 10.3. The summed E-state index contributed by atoms with van der Waals surface area (Å²) in [5.74, 6) is 0.0637. The van der Waals surface area contributed by atoms with Gasteiger partial charge in [-0.1, -0.05) is 0 Å². The van der Waals surface area contributed by atoms with Crippen molar-refractivity contribution in [1.82, 2.24) is 10.6 Å². The lowest BCUT2D eigenvalue weighted by Gasteiger charge is -2.03. The van der Waals surface area contributed by atoms with E-state index in [0.29, 0.717) is 25.4 Å². The summed E-state index contributed by atoms with van der Waals surface area (Å²) in [6.45, 7) is 0.466. The van der Waals surface area contributed by atoms with E-state index < -0.39 is 6.03 Å². The molecule has 0 aromatic heterocycles. The van der Waals surface area contributed by atoms with Crippen LogP contribution in [0.4, 0.5) is 4.79 Å². The summed E-state index contributed by atoms with van der Waals surface area (Å²) in [4.78, 5) is 21.3. The summed E-state index contributed by atoms with van der Waals surface area (Å²) in [7, 11) is 0. The first-order chi connectivity index (χ1) is 6.18. The van der Waals surface area contributed by atoms with Crippen LogP contribution in [0.1, 0.15) is 25.7 Å². The fourth-order valence-electron chi connectivity index (χ4n) is 0.988. The lowest BCUT2D eigenvalue weighted by Crippen LogP contribution is -2.31. The number of hydrogen-bond donors (Lipinski definition) is 3. The van der Waals surface area contributed by atoms with E-state index in [1.165, 1.54) is 0 Å². The van der Waals surface area contributed by atoms with Gasteiger partial charge >= 0.3 is 6.03 Å². The number of carbonyl (C=O) groups is 2. The Morgan fingerprint density at radius 2 is 2.08 bits per heavy atom. The van der Waals surface area contributed by atoms with Crippen molar-refractivity contribution >= 4 is 11.9 Å². The molecule has 0 spiro atoms. The SMILES string of the molecule is NC(=O)NCCCC(=O)NC1CC1. The zero-order valence-corrected chi connectivity index (χ0v) is 7.51. The van der Waals surface area contributed by atoms with E-state index in [-0.39, 0.29) is 5.91 Å². The van der Waals surface area contributed by atoms with Gasteiger partial charge in [-0.25, -0.2) is 4.79 Å². The Morgan fingerprint density at radius 1 is 1.38 bits per heavy atom. The van der Waals surface area contributed by atoms with Crippen LogP contribution < -0.4 is 16.4 Å². The van der Waals surface area contributed by atoms with Crippen molar-refractivity contribution in [3.05, 3.63) is 0 Å². The number of nitrogens with two attached hydrogens (primary N) is 1. The van der Waals surface area contributed by atoms with Crippen molar-refractivity contribution in [3.8, 4) is 0 Å². The predicted octanol–water partition coefficient (Wildman–Crippen LogP) is -0.286. The number of urea groups is 1. The second kappa shape index (κ2) is 4.69. The van der Waals surface area contributed by atoms with Crippen molar-refractivity contribution in [1.29, 1.82) is 0 Å². The Hall–Kier alpha value is -1.26. The normalized spacial score (nSPS) is 15.1. The maximum absolute atomic E-state index is 11.1. The van der Waals surface area contributed by atoms with Crippen molar-refractivity contribution in [2.24, 2.45) is 5.73 Å². The van der Waals surface area contributed by atoms with Gasteiger partial charge in [-0.05, 0) is 19.3 Å². The molecule has 1 aliphatic carbocycles. The van der Waals surface area contributed by atoms with Crippen LogP contribution in [0.3, 0.4) is 0 Å². The molecule has 1 rings (SSSR count). The number of hydrogen-bond acceptors (Lipinski definition) is 2. The van der Waals surface area contributed by atoms with Gasteiger partial charge in [-0.2, -0.15) is 0 Å². The molecule has 0 aromatic carbocycles. The summed E-state index contributed by atoms with van der Waals surface area (Å²) < 4.78 is 0. The third-order valence-electron chi connectivity index (χ3n) is 1.82. The second-order valence-corrected chi connectivity index (χ2v) is 3.24. The van der Waals surface area contributed by atoms with Crippen molar-refractivity contribution in [2.45, 2.75) is 31.7 Å². The molecule has 5 nitrogen and oxygen atoms in total. The first-order valence-corrected chi connectivity index (χ1v) is 4.51. The van der Waals surface area contributed by atoms with Gasteiger partial charge in [0.05, 0.1) is 0 Å². The standard InChI is InChI=1S/C8H15N3O2/c9-8(13)10-5-1-2-7(12)11-6-3-4-6/h6H,1-5H2,(H,11,12)(H3,9,10,13). The molecule has 5 heteroatoms. The number of amides is 3. The number of nitrogens with one attached hydrogen (secondary N) is 2. The van der Waals surface area contributed by atoms with Crippen LogP contribution >= 0.6 is 0 Å². The largest absolute Gasteiger partial charge is 0.353 e. The van der Waals surface area contributed by atoms with Gasteiger partial charge in [0.25, 0.3) is 0 Å². The van der Waals surface area contributed by atoms with Gasteiger partial charge in [0.2, 0.25) is 5.91 Å². The van der Waals surface area contributed by atoms with Crippen LogP contribution in [0, 0.1) is 0 Å². The molecule has 1 fully saturated rings. The van der Waals surface area contributed by atoms with E-state index in [2.05, 4.69) is 10.6 Å². The van der Waals surface area contributed by atoms with Gasteiger partial charge in [0.15, 0.2) is 0 Å². The van der Waals surface area contributed by atoms with Crippen LogP contribution in [0.25, 0.3) is 0 Å². The first kappa shape index (κ1) is 9.83. The quantitative estimate of drug-likeness (QED) is 0.514. The highest BCUT2D eigenvalue weighted by molar-refractivity contribution is 5.76. The molecule has 1 saturated carbocycles. The Bertz CT molecular complexity index is 202. The molecule has 0 radical (unpaired) electrons. The molecule has 0 aromatic rings. The van der Waals surface area contributed by atoms with E-state index in [4.69, 9.17) is 5.73 Å². The number of carbonyl (C=O) groups excluding carboxylic acids is 2. The fourth-order valence-corrected chi connectivity index (χ4v) is 0.988. The van der Waals surface area contributed by atoms with Gasteiger partial charge in [-0.3, -0.25) is 4.79 Å². The third kappa shape index (κ3) is 5.05. The maximum atomic E-state index is 11.1. The Morgan fingerprint density at radius 3 is 2.62 bits per heavy atom. The smallest absolute Gasteiger partial charge is 0.312 e. The Labute approximate surface area is 77.1 Å². The highest BCUT2D eigenvalue weighted by Gasteiger charge is 2.22. The molecule has 0 unspecified atom stereocenters. The number of primary amides is 1. The summed E-state index contributed by atoms with van der Waals surface area (Å²) in [5, 5.41) is 5.29. The molecule has 13 heavy (non-hydrogen) atoms. The fraction of sp³-hybridized carbons (Fsp3) is 0.750. The molecule has 0 bridgehead atoms. The van der Waals surface area contributed by atoms with E-state index in [9.17, 15) is 9.59 Å². The second-order valence-electron chi connectivity index (χ2n) is 3.24. The minimum atomic E-state index is -0.539. The monoisotopic (exact) mass is 185 g/mol. The minimum absolute atomic E-state index is 0.0637. The molecule has 0 heterocycles. The molecule has 0 aliphatic heterocycles. The summed E-state index contributed by atoms with van der Waals surface area (Å²) in [6, 6.07) is -0.126. The first-order valence-electron chi connectivity index (χ1n) is 4.51. The molecule has 3 amide bonds. The van der Waals surface area contributed by atoms with E-state index in [1.54, 1.807) is 0 Å². The topological polar surface area (TPSA) is 84.2 Å². The minimum Gasteiger partial charge on any atom is -0.353 e. The molecular weight excluding hydrogens is 170 g/mol. The van der Waals surface area contributed by atoms with Gasteiger partial charge in [0, 0.05) is 19.0 Å². The van der Waals surface area contributed by atoms with Crippen LogP contribution in [-0.2, 0) is 4.79 Å². The van der Waals surface area contributed by atoms with Crippen molar-refractivity contribution in [3.63, 3.8) is 0 Å². The van der Waals surface area contributed by atoms with Gasteiger partial charge < -0.3 is 16.4 Å². The zero-order valence-electron chi connectivity index (χ0n) is 7.51. The average Bonchev–Trinajstić information content (AvgIpc) is 2.81. The molecule has 74 valence electrons. The maximum Gasteiger partial charge on any atom is 0.312 e. The lowest BCUT2D eigenvalue weighted by molar-refractivity contribution is -0.121. The van der Waals surface area contributed by atoms with Crippen LogP contribution in [0.15, 0.2) is 0 Å². The molecular formula is C8H15N3O2. The predicted molar refractivity (Wildman–Crippen MR) is 48.0 cm³/mol. The van der Waals surface area contributed by atoms with Crippen molar-refractivity contribution < 1.29 is 9.59 Å². The molecule has 0 saturated heterocycles. The highest BCUT2D eigenvalue weighted by atomic mass is 16.2. The highest BCUT2D eigenvalue weighted by Crippen LogP contribution is 2.18. The average molecular weight is 185 g/mol. The van der Waals surface area contributed by atoms with Crippen LogP contribution in [0.5, 0.6) is 0 Å².